The van der Waals surface area contributed by atoms with E-state index in [0.29, 0.717) is 0 Å². The van der Waals surface area contributed by atoms with Gasteiger partial charge in [-0.05, 0) is 67.5 Å². The zero-order chi connectivity index (χ0) is 22.6. The van der Waals surface area contributed by atoms with E-state index >= 15 is 0 Å². The Bertz CT molecular complexity index is 1080. The van der Waals surface area contributed by atoms with Crippen molar-refractivity contribution >= 4 is 17.3 Å². The minimum atomic E-state index is 0.000505. The first-order chi connectivity index (χ1) is 16.2. The molecule has 2 aliphatic heterocycles. The van der Waals surface area contributed by atoms with Crippen LogP contribution in [0.3, 0.4) is 0 Å². The molecular formula is C26H31N5OS. The van der Waals surface area contributed by atoms with Gasteiger partial charge in [-0.15, -0.1) is 0 Å². The van der Waals surface area contributed by atoms with E-state index in [1.165, 1.54) is 16.9 Å². The van der Waals surface area contributed by atoms with Crippen molar-refractivity contribution in [3.8, 4) is 5.69 Å². The SMILES string of the molecule is Cc1cccc(-n2cccc2[C@@H]2[C@@H](c3ccccn3)NC(=S)N2CCCN2CCOCC2)c1. The van der Waals surface area contributed by atoms with Gasteiger partial charge in [-0.25, -0.2) is 0 Å². The molecule has 2 aliphatic rings. The van der Waals surface area contributed by atoms with Crippen LogP contribution in [-0.4, -0.2) is 63.9 Å². The molecule has 0 saturated carbocycles. The summed E-state index contributed by atoms with van der Waals surface area (Å²) in [5.41, 5.74) is 4.64. The van der Waals surface area contributed by atoms with Crippen molar-refractivity contribution in [3.05, 3.63) is 83.9 Å². The molecule has 0 bridgehead atoms. The Morgan fingerprint density at radius 3 is 2.73 bits per heavy atom. The zero-order valence-electron chi connectivity index (χ0n) is 19.1. The molecule has 2 aromatic heterocycles. The molecular weight excluding hydrogens is 430 g/mol. The summed E-state index contributed by atoms with van der Waals surface area (Å²) in [7, 11) is 0. The number of ether oxygens (including phenoxy) is 1. The number of aryl methyl sites for hydroxylation is 1. The molecule has 1 N–H and O–H groups in total. The standard InChI is InChI=1S/C26H31N5OS/c1-20-7-4-8-21(19-20)30-13-5-10-23(30)25-24(22-9-2-3-11-27-22)28-26(33)31(25)14-6-12-29-15-17-32-18-16-29/h2-5,7-11,13,19,24-25H,6,12,14-18H2,1H3,(H,28,33)/t24-,25-/m1/s1. The molecule has 3 aromatic rings. The van der Waals surface area contributed by atoms with E-state index in [-0.39, 0.29) is 12.1 Å². The van der Waals surface area contributed by atoms with Gasteiger partial charge in [0.2, 0.25) is 0 Å². The number of benzene rings is 1. The maximum absolute atomic E-state index is 5.86. The van der Waals surface area contributed by atoms with Crippen molar-refractivity contribution in [3.63, 3.8) is 0 Å². The molecule has 0 aliphatic carbocycles. The fraction of sp³-hybridized carbons (Fsp3) is 0.385. The van der Waals surface area contributed by atoms with E-state index in [1.54, 1.807) is 0 Å². The lowest BCUT2D eigenvalue weighted by Crippen LogP contribution is -2.39. The summed E-state index contributed by atoms with van der Waals surface area (Å²) in [6.07, 6.45) is 5.06. The van der Waals surface area contributed by atoms with Crippen molar-refractivity contribution in [2.75, 3.05) is 39.4 Å². The third-order valence-electron chi connectivity index (χ3n) is 6.54. The number of nitrogens with one attached hydrogen (secondary N) is 1. The van der Waals surface area contributed by atoms with Crippen molar-refractivity contribution in [1.82, 2.24) is 24.7 Å². The summed E-state index contributed by atoms with van der Waals surface area (Å²) >= 11 is 5.86. The highest BCUT2D eigenvalue weighted by Crippen LogP contribution is 2.39. The molecule has 7 heteroatoms. The summed E-state index contributed by atoms with van der Waals surface area (Å²) < 4.78 is 7.79. The molecule has 172 valence electrons. The highest BCUT2D eigenvalue weighted by atomic mass is 32.1. The summed E-state index contributed by atoms with van der Waals surface area (Å²) in [4.78, 5) is 9.52. The average Bonchev–Trinajstić information content (AvgIpc) is 3.45. The molecule has 6 nitrogen and oxygen atoms in total. The number of pyridine rings is 1. The van der Waals surface area contributed by atoms with Gasteiger partial charge in [0, 0.05) is 50.0 Å². The van der Waals surface area contributed by atoms with Crippen LogP contribution in [0.5, 0.6) is 0 Å². The van der Waals surface area contributed by atoms with E-state index in [1.807, 2.05) is 18.3 Å². The van der Waals surface area contributed by atoms with Gasteiger partial charge < -0.3 is 19.5 Å². The van der Waals surface area contributed by atoms with Gasteiger partial charge in [0.05, 0.1) is 31.0 Å². The van der Waals surface area contributed by atoms with Crippen LogP contribution >= 0.6 is 12.2 Å². The predicted molar refractivity (Wildman–Crippen MR) is 135 cm³/mol. The Balaban J connectivity index is 1.45. The number of nitrogens with zero attached hydrogens (tertiary/aromatic N) is 4. The molecule has 0 spiro atoms. The fourth-order valence-corrected chi connectivity index (χ4v) is 5.24. The molecule has 0 unspecified atom stereocenters. The number of morpholine rings is 1. The average molecular weight is 462 g/mol. The van der Waals surface area contributed by atoms with Gasteiger partial charge in [0.25, 0.3) is 0 Å². The first kappa shape index (κ1) is 22.1. The summed E-state index contributed by atoms with van der Waals surface area (Å²) in [5.74, 6) is 0. The van der Waals surface area contributed by atoms with E-state index in [2.05, 4.69) is 80.3 Å². The summed E-state index contributed by atoms with van der Waals surface area (Å²) in [6.45, 7) is 7.78. The topological polar surface area (TPSA) is 45.6 Å². The van der Waals surface area contributed by atoms with Gasteiger partial charge in [-0.3, -0.25) is 9.88 Å². The molecule has 4 heterocycles. The van der Waals surface area contributed by atoms with E-state index in [4.69, 9.17) is 17.0 Å². The zero-order valence-corrected chi connectivity index (χ0v) is 19.9. The molecule has 1 aromatic carbocycles. The minimum Gasteiger partial charge on any atom is -0.379 e. The van der Waals surface area contributed by atoms with Gasteiger partial charge in [-0.2, -0.15) is 0 Å². The van der Waals surface area contributed by atoms with Crippen LogP contribution in [0, 0.1) is 6.92 Å². The normalized spacial score (nSPS) is 21.4. The minimum absolute atomic E-state index is 0.000505. The van der Waals surface area contributed by atoms with Gasteiger partial charge in [-0.1, -0.05) is 18.2 Å². The Hall–Kier alpha value is -2.74. The Morgan fingerprint density at radius 1 is 1.06 bits per heavy atom. The smallest absolute Gasteiger partial charge is 0.170 e. The van der Waals surface area contributed by atoms with Gasteiger partial charge >= 0.3 is 0 Å². The Kier molecular flexibility index (Phi) is 6.71. The van der Waals surface area contributed by atoms with Crippen molar-refractivity contribution in [1.29, 1.82) is 0 Å². The third kappa shape index (κ3) is 4.81. The number of hydrogen-bond acceptors (Lipinski definition) is 4. The lowest BCUT2D eigenvalue weighted by atomic mass is 10.0. The maximum Gasteiger partial charge on any atom is 0.170 e. The lowest BCUT2D eigenvalue weighted by Gasteiger charge is -2.31. The Morgan fingerprint density at radius 2 is 1.94 bits per heavy atom. The quantitative estimate of drug-likeness (QED) is 0.539. The molecule has 2 fully saturated rings. The molecule has 33 heavy (non-hydrogen) atoms. The molecule has 2 atom stereocenters. The summed E-state index contributed by atoms with van der Waals surface area (Å²) in [5, 5.41) is 4.39. The summed E-state index contributed by atoms with van der Waals surface area (Å²) in [6, 6.07) is 19.1. The van der Waals surface area contributed by atoms with Crippen molar-refractivity contribution < 1.29 is 4.74 Å². The van der Waals surface area contributed by atoms with Crippen LogP contribution < -0.4 is 5.32 Å². The number of rotatable bonds is 7. The van der Waals surface area contributed by atoms with Crippen LogP contribution in [0.15, 0.2) is 67.0 Å². The second-order valence-corrected chi connectivity index (χ2v) is 9.16. The molecule has 0 amide bonds. The van der Waals surface area contributed by atoms with Crippen LogP contribution in [0.1, 0.15) is 35.5 Å². The monoisotopic (exact) mass is 461 g/mol. The van der Waals surface area contributed by atoms with Crippen molar-refractivity contribution in [2.45, 2.75) is 25.4 Å². The van der Waals surface area contributed by atoms with Gasteiger partial charge in [0.15, 0.2) is 5.11 Å². The van der Waals surface area contributed by atoms with Crippen molar-refractivity contribution in [2.24, 2.45) is 0 Å². The van der Waals surface area contributed by atoms with Crippen LogP contribution in [0.2, 0.25) is 0 Å². The first-order valence-electron chi connectivity index (χ1n) is 11.7. The Labute approximate surface area is 201 Å². The van der Waals surface area contributed by atoms with Crippen LogP contribution in [0.25, 0.3) is 5.69 Å². The fourth-order valence-electron chi connectivity index (χ4n) is 4.91. The molecule has 0 radical (unpaired) electrons. The maximum atomic E-state index is 5.86. The lowest BCUT2D eigenvalue weighted by molar-refractivity contribution is 0.0365. The second kappa shape index (κ2) is 10.0. The van der Waals surface area contributed by atoms with E-state index < -0.39 is 0 Å². The predicted octanol–water partition coefficient (Wildman–Crippen LogP) is 3.88. The largest absolute Gasteiger partial charge is 0.379 e. The number of hydrogen-bond donors (Lipinski definition) is 1. The number of thiocarbonyl (C=S) groups is 1. The molecule has 2 saturated heterocycles. The van der Waals surface area contributed by atoms with Gasteiger partial charge in [0.1, 0.15) is 0 Å². The molecule has 5 rings (SSSR count). The second-order valence-electron chi connectivity index (χ2n) is 8.77. The van der Waals surface area contributed by atoms with Crippen LogP contribution in [0.4, 0.5) is 0 Å². The van der Waals surface area contributed by atoms with E-state index in [0.717, 1.165) is 56.6 Å². The third-order valence-corrected chi connectivity index (χ3v) is 6.89. The van der Waals surface area contributed by atoms with Crippen LogP contribution in [-0.2, 0) is 4.74 Å². The highest BCUT2D eigenvalue weighted by Gasteiger charge is 2.41. The highest BCUT2D eigenvalue weighted by molar-refractivity contribution is 7.80. The number of aromatic nitrogens is 2. The van der Waals surface area contributed by atoms with E-state index in [9.17, 15) is 0 Å². The first-order valence-corrected chi connectivity index (χ1v) is 12.1.